The van der Waals surface area contributed by atoms with Gasteiger partial charge in [-0.1, -0.05) is 42.5 Å². The molecule has 0 saturated heterocycles. The van der Waals surface area contributed by atoms with E-state index in [0.29, 0.717) is 30.2 Å². The third kappa shape index (κ3) is 4.76. The quantitative estimate of drug-likeness (QED) is 0.713. The summed E-state index contributed by atoms with van der Waals surface area (Å²) in [6, 6.07) is 16.4. The number of benzene rings is 2. The van der Waals surface area contributed by atoms with Gasteiger partial charge >= 0.3 is 0 Å². The SMILES string of the molecule is O=C(CCc1ncc(-c2ccccc2F)o1)NCCc1ccccc1. The summed E-state index contributed by atoms with van der Waals surface area (Å²) in [5, 5.41) is 2.88. The monoisotopic (exact) mass is 338 g/mol. The number of carbonyl (C=O) groups is 1. The first-order valence-corrected chi connectivity index (χ1v) is 8.22. The van der Waals surface area contributed by atoms with E-state index in [9.17, 15) is 9.18 Å². The molecule has 0 atom stereocenters. The summed E-state index contributed by atoms with van der Waals surface area (Å²) in [5.74, 6) is 0.388. The van der Waals surface area contributed by atoms with Crippen LogP contribution in [-0.4, -0.2) is 17.4 Å². The third-order valence-corrected chi connectivity index (χ3v) is 3.84. The number of oxazole rings is 1. The lowest BCUT2D eigenvalue weighted by atomic mass is 10.1. The van der Waals surface area contributed by atoms with Crippen LogP contribution in [0.1, 0.15) is 17.9 Å². The van der Waals surface area contributed by atoms with Crippen LogP contribution in [0, 0.1) is 5.82 Å². The van der Waals surface area contributed by atoms with Crippen molar-refractivity contribution in [3.63, 3.8) is 0 Å². The van der Waals surface area contributed by atoms with E-state index >= 15 is 0 Å². The van der Waals surface area contributed by atoms with Crippen molar-refractivity contribution in [3.8, 4) is 11.3 Å². The molecule has 0 spiro atoms. The number of rotatable bonds is 7. The lowest BCUT2D eigenvalue weighted by molar-refractivity contribution is -0.121. The Balaban J connectivity index is 1.46. The lowest BCUT2D eigenvalue weighted by Gasteiger charge is -2.04. The number of halogens is 1. The minimum absolute atomic E-state index is 0.0541. The fraction of sp³-hybridized carbons (Fsp3) is 0.200. The van der Waals surface area contributed by atoms with Gasteiger partial charge in [0, 0.05) is 19.4 Å². The number of amides is 1. The summed E-state index contributed by atoms with van der Waals surface area (Å²) in [5.41, 5.74) is 1.55. The summed E-state index contributed by atoms with van der Waals surface area (Å²) in [6.45, 7) is 0.592. The van der Waals surface area contributed by atoms with Gasteiger partial charge in [-0.3, -0.25) is 4.79 Å². The topological polar surface area (TPSA) is 55.1 Å². The number of hydrogen-bond donors (Lipinski definition) is 1. The normalized spacial score (nSPS) is 10.6. The number of nitrogens with one attached hydrogen (secondary N) is 1. The summed E-state index contributed by atoms with van der Waals surface area (Å²) in [6.07, 6.45) is 2.95. The molecule has 1 heterocycles. The highest BCUT2D eigenvalue weighted by molar-refractivity contribution is 5.76. The molecule has 0 aliphatic heterocycles. The molecule has 5 heteroatoms. The fourth-order valence-electron chi connectivity index (χ4n) is 2.51. The van der Waals surface area contributed by atoms with Crippen molar-refractivity contribution in [2.45, 2.75) is 19.3 Å². The number of aryl methyl sites for hydroxylation is 1. The summed E-state index contributed by atoms with van der Waals surface area (Å²) < 4.78 is 19.3. The van der Waals surface area contributed by atoms with Crippen LogP contribution in [0.5, 0.6) is 0 Å². The second-order valence-corrected chi connectivity index (χ2v) is 5.68. The zero-order valence-electron chi connectivity index (χ0n) is 13.7. The van der Waals surface area contributed by atoms with Crippen LogP contribution in [0.3, 0.4) is 0 Å². The van der Waals surface area contributed by atoms with E-state index in [1.54, 1.807) is 18.2 Å². The highest BCUT2D eigenvalue weighted by atomic mass is 19.1. The summed E-state index contributed by atoms with van der Waals surface area (Å²) in [4.78, 5) is 16.0. The standard InChI is InChI=1S/C20H19FN2O2/c21-17-9-5-4-8-16(17)18-14-23-20(25-18)11-10-19(24)22-13-12-15-6-2-1-3-7-15/h1-9,14H,10-13H2,(H,22,24). The van der Waals surface area contributed by atoms with Gasteiger partial charge in [0.15, 0.2) is 11.7 Å². The van der Waals surface area contributed by atoms with Crippen molar-refractivity contribution in [2.24, 2.45) is 0 Å². The van der Waals surface area contributed by atoms with Gasteiger partial charge in [0.25, 0.3) is 0 Å². The second-order valence-electron chi connectivity index (χ2n) is 5.68. The Morgan fingerprint density at radius 2 is 1.80 bits per heavy atom. The zero-order valence-corrected chi connectivity index (χ0v) is 13.7. The molecule has 0 unspecified atom stereocenters. The van der Waals surface area contributed by atoms with Crippen molar-refractivity contribution in [2.75, 3.05) is 6.54 Å². The average Bonchev–Trinajstić information content (AvgIpc) is 3.10. The maximum absolute atomic E-state index is 13.7. The van der Waals surface area contributed by atoms with Gasteiger partial charge < -0.3 is 9.73 Å². The van der Waals surface area contributed by atoms with E-state index in [1.165, 1.54) is 17.8 Å². The predicted molar refractivity (Wildman–Crippen MR) is 93.4 cm³/mol. The Morgan fingerprint density at radius 1 is 1.04 bits per heavy atom. The van der Waals surface area contributed by atoms with Crippen molar-refractivity contribution >= 4 is 5.91 Å². The Morgan fingerprint density at radius 3 is 2.60 bits per heavy atom. The average molecular weight is 338 g/mol. The molecule has 0 saturated carbocycles. The minimum atomic E-state index is -0.358. The first kappa shape index (κ1) is 16.9. The van der Waals surface area contributed by atoms with Crippen LogP contribution in [0.25, 0.3) is 11.3 Å². The molecule has 0 aliphatic rings. The first-order valence-electron chi connectivity index (χ1n) is 8.22. The van der Waals surface area contributed by atoms with E-state index in [0.717, 1.165) is 6.42 Å². The molecule has 0 fully saturated rings. The Bertz CT molecular complexity index is 830. The first-order chi connectivity index (χ1) is 12.2. The zero-order chi connectivity index (χ0) is 17.5. The summed E-state index contributed by atoms with van der Waals surface area (Å²) >= 11 is 0. The molecule has 1 N–H and O–H groups in total. The van der Waals surface area contributed by atoms with Crippen LogP contribution >= 0.6 is 0 Å². The molecule has 25 heavy (non-hydrogen) atoms. The van der Waals surface area contributed by atoms with E-state index in [-0.39, 0.29) is 18.1 Å². The van der Waals surface area contributed by atoms with Gasteiger partial charge in [-0.05, 0) is 24.1 Å². The van der Waals surface area contributed by atoms with Crippen LogP contribution in [0.4, 0.5) is 4.39 Å². The van der Waals surface area contributed by atoms with Crippen LogP contribution < -0.4 is 5.32 Å². The molecule has 2 aromatic carbocycles. The van der Waals surface area contributed by atoms with E-state index in [4.69, 9.17) is 4.42 Å². The molecule has 0 aliphatic carbocycles. The number of carbonyl (C=O) groups excluding carboxylic acids is 1. The Labute approximate surface area is 145 Å². The summed E-state index contributed by atoms with van der Waals surface area (Å²) in [7, 11) is 0. The smallest absolute Gasteiger partial charge is 0.220 e. The van der Waals surface area contributed by atoms with Crippen molar-refractivity contribution in [1.82, 2.24) is 10.3 Å². The molecule has 3 aromatic rings. The Hall–Kier alpha value is -2.95. The van der Waals surface area contributed by atoms with Crippen molar-refractivity contribution < 1.29 is 13.6 Å². The van der Waals surface area contributed by atoms with E-state index in [2.05, 4.69) is 10.3 Å². The second kappa shape index (κ2) is 8.24. The molecule has 0 radical (unpaired) electrons. The van der Waals surface area contributed by atoms with E-state index in [1.807, 2.05) is 30.3 Å². The van der Waals surface area contributed by atoms with Gasteiger partial charge in [0.2, 0.25) is 5.91 Å². The minimum Gasteiger partial charge on any atom is -0.441 e. The number of hydrogen-bond acceptors (Lipinski definition) is 3. The van der Waals surface area contributed by atoms with Gasteiger partial charge in [-0.25, -0.2) is 9.37 Å². The maximum atomic E-state index is 13.7. The molecule has 3 rings (SSSR count). The highest BCUT2D eigenvalue weighted by Crippen LogP contribution is 2.23. The highest BCUT2D eigenvalue weighted by Gasteiger charge is 2.11. The van der Waals surface area contributed by atoms with Crippen LogP contribution in [0.2, 0.25) is 0 Å². The lowest BCUT2D eigenvalue weighted by Crippen LogP contribution is -2.25. The van der Waals surface area contributed by atoms with Crippen LogP contribution in [0.15, 0.2) is 65.2 Å². The molecular weight excluding hydrogens is 319 g/mol. The van der Waals surface area contributed by atoms with Crippen LogP contribution in [-0.2, 0) is 17.6 Å². The molecule has 0 bridgehead atoms. The van der Waals surface area contributed by atoms with Crippen molar-refractivity contribution in [3.05, 3.63) is 78.1 Å². The Kier molecular flexibility index (Phi) is 5.57. The largest absolute Gasteiger partial charge is 0.441 e. The molecule has 1 amide bonds. The van der Waals surface area contributed by atoms with Gasteiger partial charge in [-0.15, -0.1) is 0 Å². The van der Waals surface area contributed by atoms with Crippen molar-refractivity contribution in [1.29, 1.82) is 0 Å². The fourth-order valence-corrected chi connectivity index (χ4v) is 2.51. The van der Waals surface area contributed by atoms with Gasteiger partial charge in [0.1, 0.15) is 5.82 Å². The molecular formula is C20H19FN2O2. The molecule has 128 valence electrons. The van der Waals surface area contributed by atoms with Gasteiger partial charge in [0.05, 0.1) is 11.8 Å². The molecule has 1 aromatic heterocycles. The molecule has 4 nitrogen and oxygen atoms in total. The number of nitrogens with zero attached hydrogens (tertiary/aromatic N) is 1. The number of aromatic nitrogens is 1. The van der Waals surface area contributed by atoms with E-state index < -0.39 is 0 Å². The maximum Gasteiger partial charge on any atom is 0.220 e. The third-order valence-electron chi connectivity index (χ3n) is 3.84. The van der Waals surface area contributed by atoms with Gasteiger partial charge in [-0.2, -0.15) is 0 Å². The predicted octanol–water partition coefficient (Wildman–Crippen LogP) is 3.77.